The van der Waals surface area contributed by atoms with Gasteiger partial charge in [-0.2, -0.15) is 10.1 Å². The van der Waals surface area contributed by atoms with Gasteiger partial charge in [0.05, 0.1) is 5.39 Å². The molecule has 0 saturated carbocycles. The van der Waals surface area contributed by atoms with Gasteiger partial charge in [-0.05, 0) is 17.6 Å². The van der Waals surface area contributed by atoms with Crippen molar-refractivity contribution in [3.05, 3.63) is 15.6 Å². The van der Waals surface area contributed by atoms with Crippen molar-refractivity contribution in [3.63, 3.8) is 0 Å². The van der Waals surface area contributed by atoms with E-state index in [2.05, 4.69) is 34.7 Å². The van der Waals surface area contributed by atoms with Crippen LogP contribution in [0.5, 0.6) is 0 Å². The highest BCUT2D eigenvalue weighted by Gasteiger charge is 2.17. The highest BCUT2D eigenvalue weighted by molar-refractivity contribution is 6.76. The molecule has 0 radical (unpaired) electrons. The van der Waals surface area contributed by atoms with E-state index >= 15 is 0 Å². The van der Waals surface area contributed by atoms with Crippen molar-refractivity contribution in [2.24, 2.45) is 0 Å². The third-order valence-corrected chi connectivity index (χ3v) is 5.10. The van der Waals surface area contributed by atoms with Crippen LogP contribution in [0.1, 0.15) is 0 Å². The third-order valence-electron chi connectivity index (χ3n) is 2.69. The van der Waals surface area contributed by atoms with Crippen molar-refractivity contribution in [2.75, 3.05) is 6.61 Å². The van der Waals surface area contributed by atoms with E-state index in [4.69, 9.17) is 39.5 Å². The van der Waals surface area contributed by atoms with E-state index in [0.29, 0.717) is 17.6 Å². The molecule has 2 aromatic rings. The van der Waals surface area contributed by atoms with Gasteiger partial charge in [-0.25, -0.2) is 9.67 Å². The Kier molecular flexibility index (Phi) is 4.91. The highest BCUT2D eigenvalue weighted by atomic mass is 35.5. The van der Waals surface area contributed by atoms with Crippen LogP contribution in [0.25, 0.3) is 11.0 Å². The molecule has 0 spiro atoms. The van der Waals surface area contributed by atoms with Crippen molar-refractivity contribution >= 4 is 53.9 Å². The van der Waals surface area contributed by atoms with E-state index in [-0.39, 0.29) is 22.3 Å². The first-order valence-corrected chi connectivity index (χ1v) is 10.9. The number of halogens is 3. The minimum absolute atomic E-state index is 0.0578. The molecule has 0 fully saturated rings. The van der Waals surface area contributed by atoms with Crippen LogP contribution in [0.15, 0.2) is 0 Å². The molecule has 0 saturated heterocycles. The Bertz CT molecular complexity index is 626. The maximum atomic E-state index is 6.03. The molecule has 0 aromatic carbocycles. The number of nitrogens with zero attached hydrogens (tertiary/aromatic N) is 4. The lowest BCUT2D eigenvalue weighted by molar-refractivity contribution is 0.0813. The Morgan fingerprint density at radius 2 is 1.80 bits per heavy atom. The summed E-state index contributed by atoms with van der Waals surface area (Å²) < 4.78 is 7.17. The largest absolute Gasteiger partial charge is 0.359 e. The molecule has 0 unspecified atom stereocenters. The van der Waals surface area contributed by atoms with Gasteiger partial charge in [-0.3, -0.25) is 0 Å². The van der Waals surface area contributed by atoms with Gasteiger partial charge in [0.15, 0.2) is 10.8 Å². The van der Waals surface area contributed by atoms with Crippen molar-refractivity contribution in [2.45, 2.75) is 32.4 Å². The molecule has 2 heterocycles. The topological polar surface area (TPSA) is 52.8 Å². The summed E-state index contributed by atoms with van der Waals surface area (Å²) >= 11 is 17.8. The highest BCUT2D eigenvalue weighted by Crippen LogP contribution is 2.28. The Hall–Kier alpha value is -0.403. The van der Waals surface area contributed by atoms with Crippen LogP contribution in [-0.4, -0.2) is 34.4 Å². The van der Waals surface area contributed by atoms with Crippen molar-refractivity contribution in [3.8, 4) is 0 Å². The molecule has 9 heteroatoms. The molecule has 0 atom stereocenters. The molecular formula is C11H15Cl3N4OSi. The zero-order valence-electron chi connectivity index (χ0n) is 11.5. The lowest BCUT2D eigenvalue weighted by atomic mass is 10.4. The van der Waals surface area contributed by atoms with Gasteiger partial charge in [-0.1, -0.05) is 42.8 Å². The minimum Gasteiger partial charge on any atom is -0.359 e. The molecule has 0 aliphatic rings. The molecule has 2 aromatic heterocycles. The fourth-order valence-corrected chi connectivity index (χ4v) is 3.12. The number of rotatable bonds is 5. The molecule has 0 aliphatic heterocycles. The first-order chi connectivity index (χ1) is 9.28. The molecule has 5 nitrogen and oxygen atoms in total. The zero-order chi connectivity index (χ0) is 14.9. The van der Waals surface area contributed by atoms with Gasteiger partial charge in [0.2, 0.25) is 5.28 Å². The predicted molar refractivity (Wildman–Crippen MR) is 84.5 cm³/mol. The van der Waals surface area contributed by atoms with Crippen LogP contribution in [0.4, 0.5) is 0 Å². The van der Waals surface area contributed by atoms with E-state index in [1.54, 1.807) is 4.68 Å². The molecular weight excluding hydrogens is 339 g/mol. The summed E-state index contributed by atoms with van der Waals surface area (Å²) in [6.07, 6.45) is 0. The van der Waals surface area contributed by atoms with Crippen LogP contribution in [0.2, 0.25) is 41.3 Å². The number of aromatic nitrogens is 4. The fraction of sp³-hybridized carbons (Fsp3) is 0.545. The molecule has 0 amide bonds. The van der Waals surface area contributed by atoms with E-state index in [1.807, 2.05) is 0 Å². The van der Waals surface area contributed by atoms with E-state index < -0.39 is 8.07 Å². The maximum Gasteiger partial charge on any atom is 0.225 e. The van der Waals surface area contributed by atoms with E-state index in [1.165, 1.54) is 0 Å². The second kappa shape index (κ2) is 6.15. The third kappa shape index (κ3) is 3.83. The summed E-state index contributed by atoms with van der Waals surface area (Å²) in [6, 6.07) is 1.08. The van der Waals surface area contributed by atoms with Crippen LogP contribution in [0.3, 0.4) is 0 Å². The summed E-state index contributed by atoms with van der Waals surface area (Å²) in [6.45, 7) is 7.83. The van der Waals surface area contributed by atoms with Crippen molar-refractivity contribution in [1.82, 2.24) is 19.7 Å². The Labute approximate surface area is 133 Å². The minimum atomic E-state index is -1.11. The first-order valence-electron chi connectivity index (χ1n) is 6.11. The van der Waals surface area contributed by atoms with Gasteiger partial charge < -0.3 is 4.74 Å². The van der Waals surface area contributed by atoms with Crippen molar-refractivity contribution < 1.29 is 4.74 Å². The van der Waals surface area contributed by atoms with E-state index in [0.717, 1.165) is 6.04 Å². The Balaban J connectivity index is 2.15. The van der Waals surface area contributed by atoms with Gasteiger partial charge in [0.1, 0.15) is 11.9 Å². The zero-order valence-corrected chi connectivity index (χ0v) is 14.7. The normalized spacial score (nSPS) is 12.3. The standard InChI is InChI=1S/C11H15Cl3N4OSi/c1-20(2,3)5-4-19-6-18-10-7(9(13)17-18)8(12)15-11(14)16-10/h4-6H2,1-3H3. The summed E-state index contributed by atoms with van der Waals surface area (Å²) in [5.74, 6) is 0. The second-order valence-corrected chi connectivity index (χ2v) is 12.3. The smallest absolute Gasteiger partial charge is 0.225 e. The summed E-state index contributed by atoms with van der Waals surface area (Å²) in [5.41, 5.74) is 0.480. The average molecular weight is 354 g/mol. The molecule has 0 N–H and O–H groups in total. The Morgan fingerprint density at radius 3 is 2.45 bits per heavy atom. The van der Waals surface area contributed by atoms with Crippen LogP contribution < -0.4 is 0 Å². The quantitative estimate of drug-likeness (QED) is 0.351. The summed E-state index contributed by atoms with van der Waals surface area (Å²) in [7, 11) is -1.11. The van der Waals surface area contributed by atoms with Crippen molar-refractivity contribution in [1.29, 1.82) is 0 Å². The lowest BCUT2D eigenvalue weighted by Crippen LogP contribution is -2.22. The van der Waals surface area contributed by atoms with Gasteiger partial charge >= 0.3 is 0 Å². The van der Waals surface area contributed by atoms with Crippen LogP contribution in [0, 0.1) is 0 Å². The maximum absolute atomic E-state index is 6.03. The average Bonchev–Trinajstić information content (AvgIpc) is 2.60. The van der Waals surface area contributed by atoms with E-state index in [9.17, 15) is 0 Å². The molecule has 0 aliphatic carbocycles. The number of ether oxygens (including phenoxy) is 1. The molecule has 110 valence electrons. The Morgan fingerprint density at radius 1 is 1.10 bits per heavy atom. The fourth-order valence-electron chi connectivity index (χ4n) is 1.58. The number of fused-ring (bicyclic) bond motifs is 1. The first kappa shape index (κ1) is 16.0. The number of hydrogen-bond donors (Lipinski definition) is 0. The SMILES string of the molecule is C[Si](C)(C)CCOCn1nc(Cl)c2c(Cl)nc(Cl)nc21. The monoisotopic (exact) mass is 352 g/mol. The summed E-state index contributed by atoms with van der Waals surface area (Å²) in [4.78, 5) is 7.95. The second-order valence-electron chi connectivity index (χ2n) is 5.62. The van der Waals surface area contributed by atoms with Gasteiger partial charge in [0.25, 0.3) is 0 Å². The molecule has 20 heavy (non-hydrogen) atoms. The van der Waals surface area contributed by atoms with Crippen LogP contribution >= 0.6 is 34.8 Å². The molecule has 2 rings (SSSR count). The van der Waals surface area contributed by atoms with Gasteiger partial charge in [-0.15, -0.1) is 0 Å². The van der Waals surface area contributed by atoms with Gasteiger partial charge in [0, 0.05) is 14.7 Å². The molecule has 0 bridgehead atoms. The lowest BCUT2D eigenvalue weighted by Gasteiger charge is -2.15. The summed E-state index contributed by atoms with van der Waals surface area (Å²) in [5, 5.41) is 5.14. The van der Waals surface area contributed by atoms with Crippen LogP contribution in [-0.2, 0) is 11.5 Å². The number of hydrogen-bond acceptors (Lipinski definition) is 4. The predicted octanol–water partition coefficient (Wildman–Crippen LogP) is 4.10.